The first-order chi connectivity index (χ1) is 71.3. The van der Waals surface area contributed by atoms with Crippen LogP contribution in [0.1, 0.15) is 103 Å². The zero-order valence-corrected chi connectivity index (χ0v) is 80.9. The lowest BCUT2D eigenvalue weighted by Gasteiger charge is -2.14. The van der Waals surface area contributed by atoms with E-state index in [1.165, 1.54) is 118 Å². The molecule has 1 amide bonds. The van der Waals surface area contributed by atoms with Crippen LogP contribution in [0, 0.1) is 30.2 Å². The molecule has 1 aliphatic rings. The zero-order chi connectivity index (χ0) is 104. The van der Waals surface area contributed by atoms with Gasteiger partial charge >= 0.3 is 17.9 Å². The summed E-state index contributed by atoms with van der Waals surface area (Å²) < 4.78 is 129. The van der Waals surface area contributed by atoms with Gasteiger partial charge in [-0.1, -0.05) is 53.0 Å². The van der Waals surface area contributed by atoms with Crippen LogP contribution in [0.2, 0.25) is 15.5 Å². The molecule has 23 aromatic rings. The first kappa shape index (κ1) is 96.3. The Kier molecular flexibility index (Phi) is 24.7. The molecule has 16 aromatic heterocycles. The summed E-state index contributed by atoms with van der Waals surface area (Å²) in [6.07, 6.45) is 13.9. The van der Waals surface area contributed by atoms with Crippen molar-refractivity contribution in [1.29, 1.82) is 0 Å². The van der Waals surface area contributed by atoms with Crippen molar-refractivity contribution in [2.24, 2.45) is 0 Å². The van der Waals surface area contributed by atoms with Crippen molar-refractivity contribution >= 4 is 189 Å². The number of ether oxygens (including phenoxy) is 2. The number of aromatic nitrogens is 13. The number of sulfonamides is 1. The number of rotatable bonds is 21. The molecule has 742 valence electrons. The molecule has 1 aliphatic carbocycles. The summed E-state index contributed by atoms with van der Waals surface area (Å²) in [5.41, 5.74) is 4.60. The van der Waals surface area contributed by atoms with Crippen LogP contribution in [0.4, 0.5) is 17.6 Å². The summed E-state index contributed by atoms with van der Waals surface area (Å²) in [6, 6.07) is 46.9. The first-order valence-corrected chi connectivity index (χ1v) is 48.1. The number of carboxylic acid groups (broad SMARTS) is 3. The molecule has 41 heteroatoms. The van der Waals surface area contributed by atoms with Crippen molar-refractivity contribution in [3.8, 4) is 56.0 Å². The van der Waals surface area contributed by atoms with E-state index in [1.54, 1.807) is 152 Å². The number of nitrogens with zero attached hydrogens (tertiary/aromatic N) is 9. The molecule has 0 atom stereocenters. The van der Waals surface area contributed by atoms with E-state index in [2.05, 4.69) is 44.7 Å². The van der Waals surface area contributed by atoms with E-state index in [4.69, 9.17) is 61.9 Å². The minimum absolute atomic E-state index is 0.0524. The van der Waals surface area contributed by atoms with Gasteiger partial charge in [0.05, 0.1) is 170 Å². The van der Waals surface area contributed by atoms with Crippen LogP contribution < -0.4 is 36.4 Å². The molecule has 33 nitrogen and oxygen atoms in total. The molecule has 1 fully saturated rings. The van der Waals surface area contributed by atoms with Crippen LogP contribution in [0.25, 0.3) is 165 Å². The van der Waals surface area contributed by atoms with Crippen molar-refractivity contribution in [2.45, 2.75) is 71.1 Å². The maximum Gasteiger partial charge on any atom is 0.353 e. The summed E-state index contributed by atoms with van der Waals surface area (Å²) in [7, 11) is -0.817. The number of methoxy groups -OCH3 is 2. The molecule has 0 bridgehead atoms. The lowest BCUT2D eigenvalue weighted by molar-refractivity contribution is 0.0676. The van der Waals surface area contributed by atoms with E-state index in [0.717, 1.165) is 21.5 Å². The maximum absolute atomic E-state index is 15.1. The summed E-state index contributed by atoms with van der Waals surface area (Å²) >= 11 is 19.6. The zero-order valence-electron chi connectivity index (χ0n) is 77.8. The van der Waals surface area contributed by atoms with Crippen molar-refractivity contribution in [3.63, 3.8) is 0 Å². The molecule has 7 aromatic carbocycles. The number of aromatic carboxylic acids is 3. The number of pyridine rings is 7. The van der Waals surface area contributed by atoms with Crippen molar-refractivity contribution < 1.29 is 87.6 Å². The molecule has 24 rings (SSSR count). The quantitative estimate of drug-likeness (QED) is 0.0245. The smallest absolute Gasteiger partial charge is 0.353 e. The number of carboxylic acids is 3. The highest BCUT2D eigenvalue weighted by Gasteiger charge is 2.40. The molecular weight excluding hydrogens is 2000 g/mol. The van der Waals surface area contributed by atoms with E-state index < -0.39 is 84.6 Å². The normalized spacial score (nSPS) is 12.2. The number of nitrogens with one attached hydrogen (secondary N) is 5. The van der Waals surface area contributed by atoms with Gasteiger partial charge in [-0.15, -0.1) is 0 Å². The summed E-state index contributed by atoms with van der Waals surface area (Å²) in [6.45, 7) is 5.34. The number of hydrogen-bond donors (Lipinski definition) is 8. The fourth-order valence-electron chi connectivity index (χ4n) is 19.1. The first-order valence-electron chi connectivity index (χ1n) is 45.5. The lowest BCUT2D eigenvalue weighted by atomic mass is 10.0. The van der Waals surface area contributed by atoms with Crippen LogP contribution >= 0.6 is 34.8 Å². The Hall–Kier alpha value is -17.9. The van der Waals surface area contributed by atoms with Crippen LogP contribution in [-0.4, -0.2) is 130 Å². The molecule has 8 N–H and O–H groups in total. The molecule has 0 saturated heterocycles. The molecule has 0 spiro atoms. The third kappa shape index (κ3) is 16.9. The molecule has 16 heterocycles. The monoisotopic (exact) mass is 2070 g/mol. The largest absolute Gasteiger partial charge is 0.497 e. The lowest BCUT2D eigenvalue weighted by Crippen LogP contribution is -2.35. The van der Waals surface area contributed by atoms with Gasteiger partial charge in [0, 0.05) is 103 Å². The number of aryl methyl sites for hydroxylation is 1. The Morgan fingerprint density at radius 3 is 1.30 bits per heavy atom. The van der Waals surface area contributed by atoms with Crippen molar-refractivity contribution in [2.75, 3.05) is 14.2 Å². The summed E-state index contributed by atoms with van der Waals surface area (Å²) in [4.78, 5) is 127. The molecule has 1 saturated carbocycles. The van der Waals surface area contributed by atoms with Gasteiger partial charge in [-0.2, -0.15) is 5.10 Å². The number of hydrogen-bond acceptors (Lipinski definition) is 20. The second kappa shape index (κ2) is 38.0. The molecular formula is C107H75Cl3F4N14O19S. The van der Waals surface area contributed by atoms with E-state index in [0.29, 0.717) is 101 Å². The van der Waals surface area contributed by atoms with Gasteiger partial charge in [0.1, 0.15) is 95.3 Å². The number of H-pyrrole nitrogens is 4. The van der Waals surface area contributed by atoms with Gasteiger partial charge in [-0.05, 0) is 191 Å². The van der Waals surface area contributed by atoms with Gasteiger partial charge in [-0.25, -0.2) is 64.7 Å². The average Bonchev–Trinajstić information content (AvgIpc) is 1.57. The van der Waals surface area contributed by atoms with Crippen molar-refractivity contribution in [3.05, 3.63) is 363 Å². The van der Waals surface area contributed by atoms with Crippen LogP contribution in [0.3, 0.4) is 0 Å². The Morgan fingerprint density at radius 1 is 0.446 bits per heavy atom. The maximum atomic E-state index is 15.1. The third-order valence-corrected chi connectivity index (χ3v) is 28.7. The number of furan rings is 4. The van der Waals surface area contributed by atoms with Crippen molar-refractivity contribution in [1.82, 2.24) is 67.7 Å². The van der Waals surface area contributed by atoms with Gasteiger partial charge in [0.2, 0.25) is 10.0 Å². The highest BCUT2D eigenvalue weighted by atomic mass is 35.5. The number of carbonyl (C=O) groups is 4. The Labute approximate surface area is 843 Å². The van der Waals surface area contributed by atoms with Crippen LogP contribution in [-0.2, 0) is 36.2 Å². The number of carbonyl (C=O) groups excluding carboxylic acids is 1. The highest BCUT2D eigenvalue weighted by molar-refractivity contribution is 7.91. The van der Waals surface area contributed by atoms with Gasteiger partial charge in [0.15, 0.2) is 5.65 Å². The summed E-state index contributed by atoms with van der Waals surface area (Å²) in [5, 5.41) is 40.1. The van der Waals surface area contributed by atoms with Crippen LogP contribution in [0.5, 0.6) is 11.5 Å². The van der Waals surface area contributed by atoms with Gasteiger partial charge in [-0.3, -0.25) is 24.0 Å². The van der Waals surface area contributed by atoms with E-state index in [1.807, 2.05) is 19.9 Å². The number of fused-ring (bicyclic) bond motifs is 15. The SMILES string of the molecule is CC(C)n1ncc2cc(Cn3c(C(=O)O)c(-c4ccc[nH]c4=O)c4c5occc5c(F)cc43)c(Cl)nc21.COc1ccc2cc(Cn3c(C(=O)O)c(-c4ccc[nH]c4=O)c4c5occc5c(F)cc43)c(Cl)nc2c1.COc1ccc2nc(Cl)c(Cn3c(C(=O)O)c(-c4ccc[nH]c4=O)c4c5occc5c(F)cc43)cc2c1.Cc1cccc(Cn2c(C(=O)NS(=O)(=O)C3CC3)c(-c3ccc[nH]c3=O)c3c4occc4ccc32)c1F. The summed E-state index contributed by atoms with van der Waals surface area (Å²) in [5.74, 6) is -5.76. The predicted molar refractivity (Wildman–Crippen MR) is 548 cm³/mol. The van der Waals surface area contributed by atoms with E-state index >= 15 is 17.6 Å². The predicted octanol–water partition coefficient (Wildman–Crippen LogP) is 21.7. The molecule has 0 unspecified atom stereocenters. The second-order valence-electron chi connectivity index (χ2n) is 35.1. The highest BCUT2D eigenvalue weighted by Crippen LogP contribution is 2.48. The van der Waals surface area contributed by atoms with Crippen LogP contribution in [0.15, 0.2) is 269 Å². The standard InChI is InChI=1S/2C27H17ClFN3O5.C27H22FN3O5S.C26H19ClFN5O4/c1-36-15-4-5-19-13(10-15)9-14(25(28)31-19)12-32-20-11-18(29)16-6-8-37-24(16)22(20)21(23(32)27(34)35)17-3-2-7-30-26(17)33;1-36-15-5-4-13-9-14(25(28)31-19(13)10-15)12-32-20-11-18(29)16-6-8-37-24(16)22(20)21(23(32)27(34)35)17-3-2-7-30-26(17)33;1-15-4-2-5-17(23(15)28)14-31-20-10-7-16-11-13-36-25(16)22(20)21(19-6-3-12-29-26(19)32)24(31)27(33)30-37(34,35)18-8-9-18;1-12(2)33-24-13(10-30-33)8-14(23(27)31-24)11-32-18-9-17(28)15-5-7-37-22(15)20(18)19(21(32)26(35)36)16-4-3-6-29-25(16)34/h2*2-11H,12H2,1H3,(H,30,33)(H,34,35);2-7,10-13,18H,8-9,14H2,1H3,(H,29,32)(H,30,33);3-10,12H,11H2,1-2H3,(H,29,34)(H,35,36). The Bertz CT molecular complexity index is 9930. The average molecular weight is 2080 g/mol. The van der Waals surface area contributed by atoms with Gasteiger partial charge in [0.25, 0.3) is 28.1 Å². The van der Waals surface area contributed by atoms with Gasteiger partial charge < -0.3 is 80.7 Å². The molecule has 148 heavy (non-hydrogen) atoms. The molecule has 0 radical (unpaired) electrons. The molecule has 0 aliphatic heterocycles. The number of aromatic amines is 4. The number of amides is 1. The van der Waals surface area contributed by atoms with E-state index in [-0.39, 0.29) is 164 Å². The number of halogens is 7. The third-order valence-electron chi connectivity index (χ3n) is 25.9. The fourth-order valence-corrected chi connectivity index (χ4v) is 21.0. The topological polar surface area (TPSA) is 454 Å². The fraction of sp³-hybridized carbons (Fsp3) is 0.121. The Morgan fingerprint density at radius 2 is 0.845 bits per heavy atom. The number of benzene rings is 7. The second-order valence-corrected chi connectivity index (χ2v) is 38.1. The van der Waals surface area contributed by atoms with E-state index in [9.17, 15) is 62.1 Å². The minimum atomic E-state index is -3.91. The minimum Gasteiger partial charge on any atom is -0.497 e. The Balaban J connectivity index is 0.000000116.